The molecule has 22 heavy (non-hydrogen) atoms. The molecule has 4 heteroatoms. The molecule has 1 fully saturated rings. The summed E-state index contributed by atoms with van der Waals surface area (Å²) < 4.78 is 0. The molecule has 0 aromatic heterocycles. The van der Waals surface area contributed by atoms with Crippen LogP contribution in [-0.4, -0.2) is 47.8 Å². The number of hydrogen-bond acceptors (Lipinski definition) is 2. The number of likely N-dealkylation sites (N-methyl/N-ethyl adjacent to an activating group) is 1. The fraction of sp³-hybridized carbons (Fsp3) is 0.333. The van der Waals surface area contributed by atoms with Gasteiger partial charge in [-0.15, -0.1) is 0 Å². The fourth-order valence-corrected chi connectivity index (χ4v) is 2.91. The van der Waals surface area contributed by atoms with Gasteiger partial charge in [-0.25, -0.2) is 0 Å². The molecule has 114 valence electrons. The Morgan fingerprint density at radius 1 is 1.05 bits per heavy atom. The summed E-state index contributed by atoms with van der Waals surface area (Å²) in [6.07, 6.45) is 0.410. The first-order valence-corrected chi connectivity index (χ1v) is 7.75. The van der Waals surface area contributed by atoms with Gasteiger partial charge in [-0.05, 0) is 29.8 Å². The SMILES string of the molecule is CCN1CCN(C(=O)c2ccc3ccccc3c2)CCC1=O. The minimum absolute atomic E-state index is 0.0107. The van der Waals surface area contributed by atoms with Crippen LogP contribution in [0.4, 0.5) is 0 Å². The highest BCUT2D eigenvalue weighted by Gasteiger charge is 2.23. The van der Waals surface area contributed by atoms with Crippen molar-refractivity contribution in [2.75, 3.05) is 26.2 Å². The van der Waals surface area contributed by atoms with Gasteiger partial charge in [0.2, 0.25) is 5.91 Å². The average Bonchev–Trinajstić information content (AvgIpc) is 2.75. The zero-order chi connectivity index (χ0) is 15.5. The first-order valence-electron chi connectivity index (χ1n) is 7.75. The van der Waals surface area contributed by atoms with E-state index in [9.17, 15) is 9.59 Å². The highest BCUT2D eigenvalue weighted by Crippen LogP contribution is 2.17. The zero-order valence-corrected chi connectivity index (χ0v) is 12.8. The maximum atomic E-state index is 12.7. The predicted octanol–water partition coefficient (Wildman–Crippen LogP) is 2.53. The summed E-state index contributed by atoms with van der Waals surface area (Å²) >= 11 is 0. The largest absolute Gasteiger partial charge is 0.341 e. The van der Waals surface area contributed by atoms with Crippen LogP contribution in [0, 0.1) is 0 Å². The van der Waals surface area contributed by atoms with Gasteiger partial charge in [0.05, 0.1) is 0 Å². The maximum absolute atomic E-state index is 12.7. The van der Waals surface area contributed by atoms with Crippen LogP contribution in [0.25, 0.3) is 10.8 Å². The molecule has 0 N–H and O–H groups in total. The van der Waals surface area contributed by atoms with Crippen molar-refractivity contribution in [2.45, 2.75) is 13.3 Å². The second-order valence-electron chi connectivity index (χ2n) is 5.58. The second-order valence-corrected chi connectivity index (χ2v) is 5.58. The number of carbonyl (C=O) groups is 2. The van der Waals surface area contributed by atoms with Crippen molar-refractivity contribution in [1.82, 2.24) is 9.80 Å². The van der Waals surface area contributed by atoms with E-state index in [4.69, 9.17) is 0 Å². The van der Waals surface area contributed by atoms with E-state index in [2.05, 4.69) is 0 Å². The van der Waals surface area contributed by atoms with E-state index in [1.165, 1.54) is 0 Å². The maximum Gasteiger partial charge on any atom is 0.253 e. The zero-order valence-electron chi connectivity index (χ0n) is 12.8. The Hall–Kier alpha value is -2.36. The van der Waals surface area contributed by atoms with Crippen molar-refractivity contribution >= 4 is 22.6 Å². The van der Waals surface area contributed by atoms with Crippen molar-refractivity contribution in [2.24, 2.45) is 0 Å². The molecule has 0 saturated carbocycles. The van der Waals surface area contributed by atoms with Gasteiger partial charge in [0, 0.05) is 38.2 Å². The van der Waals surface area contributed by atoms with Crippen LogP contribution in [-0.2, 0) is 4.79 Å². The molecule has 0 bridgehead atoms. The van der Waals surface area contributed by atoms with E-state index in [-0.39, 0.29) is 11.8 Å². The summed E-state index contributed by atoms with van der Waals surface area (Å²) in [6.45, 7) is 4.40. The van der Waals surface area contributed by atoms with E-state index >= 15 is 0 Å². The van der Waals surface area contributed by atoms with E-state index in [0.29, 0.717) is 38.2 Å². The van der Waals surface area contributed by atoms with E-state index in [0.717, 1.165) is 10.8 Å². The Labute approximate surface area is 130 Å². The Balaban J connectivity index is 1.81. The Kier molecular flexibility index (Phi) is 4.09. The smallest absolute Gasteiger partial charge is 0.253 e. The molecule has 4 nitrogen and oxygen atoms in total. The molecule has 0 atom stereocenters. The number of hydrogen-bond donors (Lipinski definition) is 0. The summed E-state index contributed by atoms with van der Waals surface area (Å²) in [5, 5.41) is 2.19. The van der Waals surface area contributed by atoms with Gasteiger partial charge in [0.25, 0.3) is 5.91 Å². The fourth-order valence-electron chi connectivity index (χ4n) is 2.91. The number of rotatable bonds is 2. The lowest BCUT2D eigenvalue weighted by molar-refractivity contribution is -0.130. The van der Waals surface area contributed by atoms with Crippen LogP contribution < -0.4 is 0 Å². The predicted molar refractivity (Wildman–Crippen MR) is 86.7 cm³/mol. The third-order valence-electron chi connectivity index (χ3n) is 4.25. The van der Waals surface area contributed by atoms with Gasteiger partial charge >= 0.3 is 0 Å². The van der Waals surface area contributed by atoms with Gasteiger partial charge in [-0.3, -0.25) is 9.59 Å². The summed E-state index contributed by atoms with van der Waals surface area (Å²) in [6, 6.07) is 13.8. The number of fused-ring (bicyclic) bond motifs is 1. The lowest BCUT2D eigenvalue weighted by Gasteiger charge is -2.21. The Morgan fingerprint density at radius 2 is 1.82 bits per heavy atom. The van der Waals surface area contributed by atoms with E-state index in [1.807, 2.05) is 54.3 Å². The van der Waals surface area contributed by atoms with Crippen LogP contribution in [0.5, 0.6) is 0 Å². The molecule has 0 aliphatic carbocycles. The van der Waals surface area contributed by atoms with Crippen molar-refractivity contribution in [3.05, 3.63) is 48.0 Å². The Bertz CT molecular complexity index is 711. The number of benzene rings is 2. The van der Waals surface area contributed by atoms with Crippen LogP contribution in [0.3, 0.4) is 0 Å². The summed E-state index contributed by atoms with van der Waals surface area (Å²) in [5.74, 6) is 0.146. The molecular weight excluding hydrogens is 276 g/mol. The highest BCUT2D eigenvalue weighted by molar-refractivity contribution is 5.98. The van der Waals surface area contributed by atoms with Crippen LogP contribution >= 0.6 is 0 Å². The molecule has 2 aromatic carbocycles. The molecule has 1 aliphatic heterocycles. The average molecular weight is 296 g/mol. The monoisotopic (exact) mass is 296 g/mol. The van der Waals surface area contributed by atoms with Crippen molar-refractivity contribution < 1.29 is 9.59 Å². The summed E-state index contributed by atoms with van der Waals surface area (Å²) in [4.78, 5) is 28.2. The lowest BCUT2D eigenvalue weighted by Crippen LogP contribution is -2.35. The minimum atomic E-state index is 0.0107. The van der Waals surface area contributed by atoms with Crippen molar-refractivity contribution in [3.8, 4) is 0 Å². The lowest BCUT2D eigenvalue weighted by atomic mass is 10.1. The number of amides is 2. The molecular formula is C18H20N2O2. The molecule has 0 spiro atoms. The summed E-state index contributed by atoms with van der Waals surface area (Å²) in [5.41, 5.74) is 0.691. The second kappa shape index (κ2) is 6.18. The first-order chi connectivity index (χ1) is 10.7. The van der Waals surface area contributed by atoms with Crippen LogP contribution in [0.1, 0.15) is 23.7 Å². The van der Waals surface area contributed by atoms with Gasteiger partial charge in [-0.2, -0.15) is 0 Å². The normalized spacial score (nSPS) is 16.0. The minimum Gasteiger partial charge on any atom is -0.341 e. The topological polar surface area (TPSA) is 40.6 Å². The van der Waals surface area contributed by atoms with Gasteiger partial charge in [0.15, 0.2) is 0 Å². The molecule has 2 aromatic rings. The molecule has 3 rings (SSSR count). The first kappa shape index (κ1) is 14.6. The molecule has 0 unspecified atom stereocenters. The van der Waals surface area contributed by atoms with E-state index in [1.54, 1.807) is 4.90 Å². The highest BCUT2D eigenvalue weighted by atomic mass is 16.2. The molecule has 1 aliphatic rings. The standard InChI is InChI=1S/C18H20N2O2/c1-2-19-11-12-20(10-9-17(19)21)18(22)16-8-7-14-5-3-4-6-15(14)13-16/h3-8,13H,2,9-12H2,1H3. The molecule has 1 saturated heterocycles. The van der Waals surface area contributed by atoms with Crippen molar-refractivity contribution in [1.29, 1.82) is 0 Å². The Morgan fingerprint density at radius 3 is 2.59 bits per heavy atom. The molecule has 1 heterocycles. The summed E-state index contributed by atoms with van der Waals surface area (Å²) in [7, 11) is 0. The van der Waals surface area contributed by atoms with Crippen LogP contribution in [0.2, 0.25) is 0 Å². The number of carbonyl (C=O) groups excluding carboxylic acids is 2. The molecule has 2 amide bonds. The molecule has 0 radical (unpaired) electrons. The van der Waals surface area contributed by atoms with Crippen LogP contribution in [0.15, 0.2) is 42.5 Å². The van der Waals surface area contributed by atoms with E-state index < -0.39 is 0 Å². The third-order valence-corrected chi connectivity index (χ3v) is 4.25. The van der Waals surface area contributed by atoms with Gasteiger partial charge in [-0.1, -0.05) is 30.3 Å². The number of nitrogens with zero attached hydrogens (tertiary/aromatic N) is 2. The quantitative estimate of drug-likeness (QED) is 0.854. The van der Waals surface area contributed by atoms with Gasteiger partial charge < -0.3 is 9.80 Å². The van der Waals surface area contributed by atoms with Gasteiger partial charge in [0.1, 0.15) is 0 Å². The van der Waals surface area contributed by atoms with Crippen molar-refractivity contribution in [3.63, 3.8) is 0 Å². The third kappa shape index (κ3) is 2.82.